The zero-order chi connectivity index (χ0) is 23.0. The van der Waals surface area contributed by atoms with Crippen LogP contribution in [0.3, 0.4) is 0 Å². The average molecular weight is 434 g/mol. The lowest BCUT2D eigenvalue weighted by Crippen LogP contribution is -2.32. The molecular weight excluding hydrogens is 408 g/mol. The van der Waals surface area contributed by atoms with Crippen molar-refractivity contribution < 1.29 is 19.8 Å². The number of pyridine rings is 1. The molecule has 32 heavy (non-hydrogen) atoms. The van der Waals surface area contributed by atoms with Crippen LogP contribution in [0.2, 0.25) is 0 Å². The molecule has 8 heteroatoms. The predicted octanol–water partition coefficient (Wildman–Crippen LogP) is 2.72. The maximum absolute atomic E-state index is 13.1. The van der Waals surface area contributed by atoms with E-state index in [0.717, 1.165) is 6.54 Å². The minimum Gasteiger partial charge on any atom is -0.508 e. The molecule has 0 radical (unpaired) electrons. The molecule has 8 nitrogen and oxygen atoms in total. The second-order valence-corrected chi connectivity index (χ2v) is 8.22. The van der Waals surface area contributed by atoms with Gasteiger partial charge in [0, 0.05) is 12.7 Å². The third-order valence-electron chi connectivity index (χ3n) is 5.68. The molecule has 2 N–H and O–H groups in total. The van der Waals surface area contributed by atoms with E-state index < -0.39 is 17.7 Å². The molecule has 1 unspecified atom stereocenters. The number of likely N-dealkylation sites (tertiary alicyclic amines) is 1. The van der Waals surface area contributed by atoms with Gasteiger partial charge < -0.3 is 20.0 Å². The third-order valence-corrected chi connectivity index (χ3v) is 5.68. The molecule has 166 valence electrons. The number of phenols is 1. The van der Waals surface area contributed by atoms with Crippen LogP contribution in [0.4, 0.5) is 0 Å². The summed E-state index contributed by atoms with van der Waals surface area (Å²) in [7, 11) is 3.89. The fourth-order valence-electron chi connectivity index (χ4n) is 4.20. The second-order valence-electron chi connectivity index (χ2n) is 8.22. The maximum atomic E-state index is 13.1. The number of nitrogens with zero attached hydrogens (tertiary/aromatic N) is 4. The number of hydrogen-bond acceptors (Lipinski definition) is 6. The van der Waals surface area contributed by atoms with Gasteiger partial charge in [-0.3, -0.25) is 14.0 Å². The van der Waals surface area contributed by atoms with Gasteiger partial charge in [0.1, 0.15) is 17.1 Å². The number of Topliss-reactive ketones (excluding diaryl/α,β-unsaturated/α-hetero) is 1. The number of amides is 1. The number of carbonyl (C=O) groups is 2. The number of aryl methyl sites for hydroxylation is 1. The normalized spacial score (nSPS) is 18.2. The topological polar surface area (TPSA) is 98.4 Å². The van der Waals surface area contributed by atoms with Crippen molar-refractivity contribution in [2.75, 3.05) is 27.2 Å². The van der Waals surface area contributed by atoms with Crippen LogP contribution in [-0.2, 0) is 9.59 Å². The molecule has 2 aromatic heterocycles. The molecule has 3 heterocycles. The summed E-state index contributed by atoms with van der Waals surface area (Å²) in [6.45, 7) is 2.86. The summed E-state index contributed by atoms with van der Waals surface area (Å²) in [6.07, 6.45) is 2.43. The van der Waals surface area contributed by atoms with Crippen molar-refractivity contribution >= 4 is 23.1 Å². The molecular formula is C24H26N4O4. The van der Waals surface area contributed by atoms with Crippen LogP contribution in [0.1, 0.15) is 29.4 Å². The Bertz CT molecular complexity index is 1210. The number of rotatable bonds is 6. The standard InChI is InChI=1S/C24H26N4O4/c1-15-20(27-13-5-4-7-18(27)25-15)22(30)19-21(16-8-10-17(29)11-9-16)28(24(32)23(19)31)14-6-12-26(2)3/h4-5,7-11,13,21,29-30H,6,12,14H2,1-3H3. The number of phenolic OH excluding ortho intramolecular Hbond substituents is 1. The van der Waals surface area contributed by atoms with Gasteiger partial charge in [-0.25, -0.2) is 4.98 Å². The minimum atomic E-state index is -0.758. The van der Waals surface area contributed by atoms with Crippen molar-refractivity contribution in [2.24, 2.45) is 0 Å². The summed E-state index contributed by atoms with van der Waals surface area (Å²) in [5.41, 5.74) is 2.24. The van der Waals surface area contributed by atoms with E-state index in [2.05, 4.69) is 4.98 Å². The molecule has 1 fully saturated rings. The van der Waals surface area contributed by atoms with Crippen LogP contribution in [0, 0.1) is 6.92 Å². The van der Waals surface area contributed by atoms with E-state index in [4.69, 9.17) is 0 Å². The monoisotopic (exact) mass is 434 g/mol. The highest BCUT2D eigenvalue weighted by Gasteiger charge is 2.46. The van der Waals surface area contributed by atoms with Crippen LogP contribution in [0.15, 0.2) is 54.2 Å². The largest absolute Gasteiger partial charge is 0.508 e. The number of imidazole rings is 1. The van der Waals surface area contributed by atoms with Crippen molar-refractivity contribution in [1.29, 1.82) is 0 Å². The van der Waals surface area contributed by atoms with Gasteiger partial charge in [0.05, 0.1) is 17.3 Å². The van der Waals surface area contributed by atoms with Crippen LogP contribution < -0.4 is 0 Å². The fraction of sp³-hybridized carbons (Fsp3) is 0.292. The molecule has 0 spiro atoms. The molecule has 1 aliphatic rings. The summed E-state index contributed by atoms with van der Waals surface area (Å²) in [5.74, 6) is -1.55. The maximum Gasteiger partial charge on any atom is 0.295 e. The van der Waals surface area contributed by atoms with Gasteiger partial charge in [-0.05, 0) is 63.8 Å². The summed E-state index contributed by atoms with van der Waals surface area (Å²) in [6, 6.07) is 11.0. The molecule has 0 bridgehead atoms. The Morgan fingerprint density at radius 3 is 2.53 bits per heavy atom. The van der Waals surface area contributed by atoms with Crippen molar-refractivity contribution in [2.45, 2.75) is 19.4 Å². The summed E-state index contributed by atoms with van der Waals surface area (Å²) < 4.78 is 1.71. The lowest BCUT2D eigenvalue weighted by Gasteiger charge is -2.26. The first-order valence-corrected chi connectivity index (χ1v) is 10.5. The van der Waals surface area contributed by atoms with Gasteiger partial charge in [-0.2, -0.15) is 0 Å². The number of ketones is 1. The lowest BCUT2D eigenvalue weighted by molar-refractivity contribution is -0.139. The quantitative estimate of drug-likeness (QED) is 0.352. The fourth-order valence-corrected chi connectivity index (χ4v) is 4.20. The summed E-state index contributed by atoms with van der Waals surface area (Å²) in [5, 5.41) is 21.1. The van der Waals surface area contributed by atoms with Gasteiger partial charge in [0.2, 0.25) is 0 Å². The summed E-state index contributed by atoms with van der Waals surface area (Å²) in [4.78, 5) is 34.1. The smallest absolute Gasteiger partial charge is 0.295 e. The van der Waals surface area contributed by atoms with Crippen molar-refractivity contribution in [3.8, 4) is 5.75 Å². The van der Waals surface area contributed by atoms with E-state index in [9.17, 15) is 19.8 Å². The van der Waals surface area contributed by atoms with E-state index in [0.29, 0.717) is 35.6 Å². The number of aromatic nitrogens is 2. The molecule has 3 aromatic rings. The number of fused-ring (bicyclic) bond motifs is 1. The highest BCUT2D eigenvalue weighted by Crippen LogP contribution is 2.40. The van der Waals surface area contributed by atoms with E-state index in [-0.39, 0.29) is 17.1 Å². The van der Waals surface area contributed by atoms with E-state index in [1.165, 1.54) is 17.0 Å². The first-order chi connectivity index (χ1) is 15.3. The first-order valence-electron chi connectivity index (χ1n) is 10.5. The van der Waals surface area contributed by atoms with Crippen LogP contribution >= 0.6 is 0 Å². The van der Waals surface area contributed by atoms with Gasteiger partial charge in [0.15, 0.2) is 5.76 Å². The Morgan fingerprint density at radius 2 is 1.84 bits per heavy atom. The summed E-state index contributed by atoms with van der Waals surface area (Å²) >= 11 is 0. The van der Waals surface area contributed by atoms with Crippen molar-refractivity contribution in [3.05, 3.63) is 71.2 Å². The Balaban J connectivity index is 1.87. The van der Waals surface area contributed by atoms with Crippen LogP contribution in [0.25, 0.3) is 11.4 Å². The van der Waals surface area contributed by atoms with Gasteiger partial charge in [-0.1, -0.05) is 18.2 Å². The van der Waals surface area contributed by atoms with Gasteiger partial charge in [0.25, 0.3) is 11.7 Å². The zero-order valence-electron chi connectivity index (χ0n) is 18.3. The SMILES string of the molecule is Cc1nc2ccccn2c1C(O)=C1C(=O)C(=O)N(CCCN(C)C)C1c1ccc(O)cc1. The Kier molecular flexibility index (Phi) is 5.71. The van der Waals surface area contributed by atoms with Crippen molar-refractivity contribution in [3.63, 3.8) is 0 Å². The number of aliphatic hydroxyl groups excluding tert-OH is 1. The number of aliphatic hydroxyl groups is 1. The molecule has 1 aliphatic heterocycles. The molecule has 1 atom stereocenters. The van der Waals surface area contributed by atoms with E-state index >= 15 is 0 Å². The average Bonchev–Trinajstić information content (AvgIpc) is 3.22. The first kappa shape index (κ1) is 21.6. The highest BCUT2D eigenvalue weighted by molar-refractivity contribution is 6.46. The van der Waals surface area contributed by atoms with Crippen LogP contribution in [-0.4, -0.2) is 68.3 Å². The van der Waals surface area contributed by atoms with E-state index in [1.54, 1.807) is 35.7 Å². The number of aromatic hydroxyl groups is 1. The second kappa shape index (κ2) is 8.47. The third kappa shape index (κ3) is 3.73. The Hall–Kier alpha value is -3.65. The van der Waals surface area contributed by atoms with Crippen molar-refractivity contribution in [1.82, 2.24) is 19.2 Å². The molecule has 0 saturated carbocycles. The minimum absolute atomic E-state index is 0.0271. The number of hydrogen-bond donors (Lipinski definition) is 2. The predicted molar refractivity (Wildman–Crippen MR) is 120 cm³/mol. The van der Waals surface area contributed by atoms with Crippen LogP contribution in [0.5, 0.6) is 5.75 Å². The molecule has 4 rings (SSSR count). The number of carbonyl (C=O) groups excluding carboxylic acids is 2. The molecule has 0 aliphatic carbocycles. The Labute approximate surface area is 186 Å². The van der Waals surface area contributed by atoms with E-state index in [1.807, 2.05) is 31.1 Å². The molecule has 1 saturated heterocycles. The Morgan fingerprint density at radius 1 is 1.12 bits per heavy atom. The number of benzene rings is 1. The van der Waals surface area contributed by atoms with Gasteiger partial charge in [-0.15, -0.1) is 0 Å². The highest BCUT2D eigenvalue weighted by atomic mass is 16.3. The lowest BCUT2D eigenvalue weighted by atomic mass is 9.96. The molecule has 1 aromatic carbocycles. The molecule has 1 amide bonds. The van der Waals surface area contributed by atoms with Gasteiger partial charge >= 0.3 is 0 Å². The zero-order valence-corrected chi connectivity index (χ0v) is 18.3.